The van der Waals surface area contributed by atoms with Crippen molar-refractivity contribution in [1.82, 2.24) is 14.9 Å². The van der Waals surface area contributed by atoms with Crippen LogP contribution in [0.25, 0.3) is 0 Å². The van der Waals surface area contributed by atoms with Crippen LogP contribution in [0.3, 0.4) is 0 Å². The average molecular weight is 351 g/mol. The maximum atomic E-state index is 11.2. The van der Waals surface area contributed by atoms with Gasteiger partial charge in [-0.1, -0.05) is 6.92 Å². The summed E-state index contributed by atoms with van der Waals surface area (Å²) in [6.07, 6.45) is 3.39. The Kier molecular flexibility index (Phi) is 9.53. The molecule has 1 unspecified atom stereocenters. The molecule has 9 N–H and O–H groups in total. The molecule has 10 nitrogen and oxygen atoms in total. The highest BCUT2D eigenvalue weighted by molar-refractivity contribution is 7.88. The van der Waals surface area contributed by atoms with Gasteiger partial charge in [-0.3, -0.25) is 10.8 Å². The van der Waals surface area contributed by atoms with Gasteiger partial charge < -0.3 is 27.2 Å². The summed E-state index contributed by atoms with van der Waals surface area (Å²) in [6, 6.07) is 0.0630. The number of nitrogens with one attached hydrogen (secondary N) is 4. The molecule has 1 aliphatic heterocycles. The quantitative estimate of drug-likeness (QED) is 0.224. The molecule has 1 atom stereocenters. The first kappa shape index (κ1) is 21.4. The molecule has 0 aromatic heterocycles. The summed E-state index contributed by atoms with van der Waals surface area (Å²) in [6.45, 7) is 2.94. The highest BCUT2D eigenvalue weighted by Gasteiger charge is 2.24. The molecule has 0 radical (unpaired) electrons. The van der Waals surface area contributed by atoms with E-state index in [2.05, 4.69) is 10.6 Å². The minimum absolute atomic E-state index is 0.0239. The first-order valence-electron chi connectivity index (χ1n) is 7.37. The minimum Gasteiger partial charge on any atom is -0.394 e. The van der Waals surface area contributed by atoms with Gasteiger partial charge in [-0.15, -0.1) is 0 Å². The Morgan fingerprint density at radius 1 is 1.30 bits per heavy atom. The molecular weight excluding hydrogens is 322 g/mol. The lowest BCUT2D eigenvalue weighted by Crippen LogP contribution is -2.47. The van der Waals surface area contributed by atoms with Gasteiger partial charge in [0, 0.05) is 19.1 Å². The van der Waals surface area contributed by atoms with Gasteiger partial charge in [0.05, 0.1) is 18.9 Å². The number of aliphatic hydroxyl groups excluding tert-OH is 1. The number of piperidine rings is 1. The number of nitrogens with two attached hydrogens (primary N) is 2. The molecule has 136 valence electrons. The summed E-state index contributed by atoms with van der Waals surface area (Å²) in [4.78, 5) is 0. The highest BCUT2D eigenvalue weighted by Crippen LogP contribution is 2.12. The van der Waals surface area contributed by atoms with Gasteiger partial charge in [-0.05, 0) is 19.3 Å². The predicted octanol–water partition coefficient (Wildman–Crippen LogP) is -1.87. The SMILES string of the molecule is CCC(CO)NC(=N)N.CS(=O)(=O)N1CCC(NC(=N)N)CC1. The second kappa shape index (κ2) is 10.2. The molecule has 0 saturated carbocycles. The first-order valence-corrected chi connectivity index (χ1v) is 9.22. The largest absolute Gasteiger partial charge is 0.394 e. The molecule has 1 saturated heterocycles. The summed E-state index contributed by atoms with van der Waals surface area (Å²) < 4.78 is 23.8. The predicted molar refractivity (Wildman–Crippen MR) is 90.7 cm³/mol. The minimum atomic E-state index is -3.06. The summed E-state index contributed by atoms with van der Waals surface area (Å²) in [7, 11) is -3.06. The lowest BCUT2D eigenvalue weighted by molar-refractivity contribution is 0.252. The van der Waals surface area contributed by atoms with Crippen LogP contribution >= 0.6 is 0 Å². The van der Waals surface area contributed by atoms with E-state index in [1.165, 1.54) is 10.6 Å². The Labute approximate surface area is 137 Å². The van der Waals surface area contributed by atoms with E-state index in [0.29, 0.717) is 25.9 Å². The van der Waals surface area contributed by atoms with Crippen molar-refractivity contribution < 1.29 is 13.5 Å². The topological polar surface area (TPSA) is 181 Å². The van der Waals surface area contributed by atoms with E-state index in [-0.39, 0.29) is 30.6 Å². The van der Waals surface area contributed by atoms with Gasteiger partial charge in [-0.2, -0.15) is 0 Å². The van der Waals surface area contributed by atoms with Crippen molar-refractivity contribution in [3.8, 4) is 0 Å². The molecule has 11 heteroatoms. The molecule has 0 amide bonds. The second-order valence-corrected chi connectivity index (χ2v) is 7.32. The number of aliphatic hydroxyl groups is 1. The van der Waals surface area contributed by atoms with Crippen molar-refractivity contribution in [3.05, 3.63) is 0 Å². The summed E-state index contributed by atoms with van der Waals surface area (Å²) in [5.74, 6) is -0.140. The van der Waals surface area contributed by atoms with Crippen LogP contribution in [0.15, 0.2) is 0 Å². The zero-order chi connectivity index (χ0) is 18.0. The fourth-order valence-electron chi connectivity index (χ4n) is 2.05. The molecule has 1 heterocycles. The summed E-state index contributed by atoms with van der Waals surface area (Å²) >= 11 is 0. The van der Waals surface area contributed by atoms with Gasteiger partial charge in [0.2, 0.25) is 10.0 Å². The third-order valence-corrected chi connectivity index (χ3v) is 4.66. The van der Waals surface area contributed by atoms with E-state index >= 15 is 0 Å². The van der Waals surface area contributed by atoms with E-state index in [9.17, 15) is 8.42 Å². The Bertz CT molecular complexity index is 471. The zero-order valence-corrected chi connectivity index (χ0v) is 14.5. The molecule has 0 aromatic carbocycles. The smallest absolute Gasteiger partial charge is 0.211 e. The number of guanidine groups is 2. The number of sulfonamides is 1. The van der Waals surface area contributed by atoms with Crippen LogP contribution in [-0.4, -0.2) is 67.8 Å². The molecule has 0 aliphatic carbocycles. The Morgan fingerprint density at radius 2 is 1.83 bits per heavy atom. The van der Waals surface area contributed by atoms with Crippen molar-refractivity contribution in [3.63, 3.8) is 0 Å². The lowest BCUT2D eigenvalue weighted by atomic mass is 10.1. The molecule has 23 heavy (non-hydrogen) atoms. The van der Waals surface area contributed by atoms with Crippen molar-refractivity contribution in [2.45, 2.75) is 38.3 Å². The van der Waals surface area contributed by atoms with Gasteiger partial charge >= 0.3 is 0 Å². The van der Waals surface area contributed by atoms with Crippen LogP contribution in [0, 0.1) is 10.8 Å². The van der Waals surface area contributed by atoms with Crippen LogP contribution in [0.2, 0.25) is 0 Å². The van der Waals surface area contributed by atoms with E-state index in [1.807, 2.05) is 6.92 Å². The van der Waals surface area contributed by atoms with Gasteiger partial charge in [0.25, 0.3) is 0 Å². The zero-order valence-electron chi connectivity index (χ0n) is 13.7. The Hall–Kier alpha value is -1.59. The molecule has 1 aliphatic rings. The maximum Gasteiger partial charge on any atom is 0.211 e. The normalized spacial score (nSPS) is 17.5. The Balaban J connectivity index is 0.000000468. The van der Waals surface area contributed by atoms with Crippen molar-refractivity contribution in [1.29, 1.82) is 10.8 Å². The molecule has 1 rings (SSSR count). The van der Waals surface area contributed by atoms with Crippen molar-refractivity contribution >= 4 is 21.9 Å². The highest BCUT2D eigenvalue weighted by atomic mass is 32.2. The van der Waals surface area contributed by atoms with Crippen LogP contribution in [-0.2, 0) is 10.0 Å². The van der Waals surface area contributed by atoms with Crippen LogP contribution < -0.4 is 22.1 Å². The number of hydrogen-bond acceptors (Lipinski definition) is 5. The van der Waals surface area contributed by atoms with Gasteiger partial charge in [0.1, 0.15) is 0 Å². The fourth-order valence-corrected chi connectivity index (χ4v) is 2.92. The molecule has 0 spiro atoms. The Morgan fingerprint density at radius 3 is 2.09 bits per heavy atom. The number of hydrogen-bond donors (Lipinski definition) is 7. The molecular formula is C12H29N7O3S. The summed E-state index contributed by atoms with van der Waals surface area (Å²) in [5.41, 5.74) is 10.2. The fraction of sp³-hybridized carbons (Fsp3) is 0.833. The van der Waals surface area contributed by atoms with Crippen LogP contribution in [0.5, 0.6) is 0 Å². The van der Waals surface area contributed by atoms with Crippen LogP contribution in [0.4, 0.5) is 0 Å². The molecule has 0 aromatic rings. The third kappa shape index (κ3) is 9.92. The number of nitrogens with zero attached hydrogens (tertiary/aromatic N) is 1. The maximum absolute atomic E-state index is 11.2. The second-order valence-electron chi connectivity index (χ2n) is 5.34. The van der Waals surface area contributed by atoms with E-state index < -0.39 is 10.0 Å². The van der Waals surface area contributed by atoms with Crippen LogP contribution in [0.1, 0.15) is 26.2 Å². The van der Waals surface area contributed by atoms with Crippen molar-refractivity contribution in [2.75, 3.05) is 26.0 Å². The monoisotopic (exact) mass is 351 g/mol. The standard InChI is InChI=1S/C7H16N4O2S.C5H13N3O/c1-14(12,13)11-4-2-6(3-5-11)10-7(8)9;1-2-4(3-9)8-5(6)7/h6H,2-5H2,1H3,(H4,8,9,10);4,9H,2-3H2,1H3,(H4,6,7,8). The summed E-state index contributed by atoms with van der Waals surface area (Å²) in [5, 5.41) is 27.8. The van der Waals surface area contributed by atoms with Crippen molar-refractivity contribution in [2.24, 2.45) is 11.5 Å². The van der Waals surface area contributed by atoms with Gasteiger partial charge in [-0.25, -0.2) is 12.7 Å². The molecule has 1 fully saturated rings. The molecule has 0 bridgehead atoms. The van der Waals surface area contributed by atoms with E-state index in [0.717, 1.165) is 6.42 Å². The first-order chi connectivity index (χ1) is 10.6. The van der Waals surface area contributed by atoms with E-state index in [4.69, 9.17) is 27.4 Å². The van der Waals surface area contributed by atoms with Gasteiger partial charge in [0.15, 0.2) is 11.9 Å². The lowest BCUT2D eigenvalue weighted by Gasteiger charge is -2.30. The third-order valence-electron chi connectivity index (χ3n) is 3.36. The number of rotatable bonds is 5. The van der Waals surface area contributed by atoms with E-state index in [1.54, 1.807) is 0 Å². The average Bonchev–Trinajstić information content (AvgIpc) is 2.44.